The minimum atomic E-state index is -0.365. The van der Waals surface area contributed by atoms with Crippen molar-refractivity contribution >= 4 is 34.5 Å². The van der Waals surface area contributed by atoms with Crippen LogP contribution in [0.15, 0.2) is 71.7 Å². The maximum atomic E-state index is 13.3. The van der Waals surface area contributed by atoms with E-state index in [1.165, 1.54) is 0 Å². The van der Waals surface area contributed by atoms with Gasteiger partial charge in [-0.05, 0) is 79.6 Å². The number of carbonyl (C=O) groups excluding carboxylic acids is 1. The number of anilines is 5. The summed E-state index contributed by atoms with van der Waals surface area (Å²) in [6.45, 7) is 12.1. The number of nitrogens with zero attached hydrogens (tertiary/aromatic N) is 3. The first kappa shape index (κ1) is 30.8. The Bertz CT molecular complexity index is 1720. The van der Waals surface area contributed by atoms with E-state index in [4.69, 9.17) is 10.7 Å². The Labute approximate surface area is 258 Å². The summed E-state index contributed by atoms with van der Waals surface area (Å²) in [6.07, 6.45) is 3.08. The fourth-order valence-electron chi connectivity index (χ4n) is 5.58. The molecule has 1 amide bonds. The van der Waals surface area contributed by atoms with Crippen molar-refractivity contribution < 1.29 is 9.90 Å². The molecule has 5 N–H and O–H groups in total. The van der Waals surface area contributed by atoms with Crippen LogP contribution in [-0.4, -0.2) is 39.8 Å². The maximum absolute atomic E-state index is 13.3. The number of aliphatic hydroxyl groups is 1. The summed E-state index contributed by atoms with van der Waals surface area (Å²) in [5.74, 6) is -0.0164. The summed E-state index contributed by atoms with van der Waals surface area (Å²) < 4.78 is 1.61. The van der Waals surface area contributed by atoms with Crippen LogP contribution < -0.4 is 26.8 Å². The average Bonchev–Trinajstić information content (AvgIpc) is 2.99. The molecule has 2 heterocycles. The quantitative estimate of drug-likeness (QED) is 0.191. The number of aliphatic hydroxyl groups excluding tert-OH is 1. The molecule has 0 bridgehead atoms. The second-order valence-corrected chi connectivity index (χ2v) is 12.5. The molecule has 0 saturated carbocycles. The molecular weight excluding hydrogens is 552 g/mol. The number of rotatable bonds is 7. The fraction of sp³-hybridized carbons (Fsp3) is 0.343. The fourth-order valence-corrected chi connectivity index (χ4v) is 5.58. The van der Waals surface area contributed by atoms with Gasteiger partial charge in [0.25, 0.3) is 11.5 Å². The number of amides is 1. The van der Waals surface area contributed by atoms with Crippen molar-refractivity contribution in [3.63, 3.8) is 0 Å². The van der Waals surface area contributed by atoms with Crippen molar-refractivity contribution in [2.24, 2.45) is 0 Å². The van der Waals surface area contributed by atoms with Crippen molar-refractivity contribution in [1.82, 2.24) is 9.55 Å². The molecule has 1 atom stereocenters. The van der Waals surface area contributed by atoms with E-state index in [2.05, 4.69) is 36.3 Å². The summed E-state index contributed by atoms with van der Waals surface area (Å²) in [6, 6.07) is 18.9. The SMILES string of the molecule is CCn1cc(-c2cccc(NC(=O)c3ccc(C(C)(C)C)cc3)c2C)nc(Nc2ccc(N3CCCC(O)C3)c(N)c2)c1=O. The van der Waals surface area contributed by atoms with E-state index < -0.39 is 0 Å². The number of β-amino-alcohol motifs (C(OH)–C–C–N with tert-alkyl or cyclic N) is 1. The van der Waals surface area contributed by atoms with Gasteiger partial charge in [-0.15, -0.1) is 0 Å². The van der Waals surface area contributed by atoms with Gasteiger partial charge < -0.3 is 30.9 Å². The molecule has 5 rings (SSSR count). The lowest BCUT2D eigenvalue weighted by Gasteiger charge is -2.32. The molecule has 3 aromatic carbocycles. The van der Waals surface area contributed by atoms with E-state index in [9.17, 15) is 14.7 Å². The molecule has 1 saturated heterocycles. The summed E-state index contributed by atoms with van der Waals surface area (Å²) in [5.41, 5.74) is 12.9. The highest BCUT2D eigenvalue weighted by Gasteiger charge is 2.21. The Morgan fingerprint density at radius 2 is 1.86 bits per heavy atom. The van der Waals surface area contributed by atoms with E-state index >= 15 is 0 Å². The summed E-state index contributed by atoms with van der Waals surface area (Å²) in [4.78, 5) is 33.2. The molecule has 4 aromatic rings. The van der Waals surface area contributed by atoms with Gasteiger partial charge in [-0.1, -0.05) is 45.0 Å². The smallest absolute Gasteiger partial charge is 0.293 e. The molecule has 1 unspecified atom stereocenters. The second-order valence-electron chi connectivity index (χ2n) is 12.5. The van der Waals surface area contributed by atoms with Crippen molar-refractivity contribution in [2.45, 2.75) is 65.5 Å². The number of piperidine rings is 1. The van der Waals surface area contributed by atoms with Gasteiger partial charge in [0.1, 0.15) is 0 Å². The van der Waals surface area contributed by atoms with Crippen molar-refractivity contribution in [2.75, 3.05) is 34.4 Å². The Morgan fingerprint density at radius 1 is 1.11 bits per heavy atom. The van der Waals surface area contributed by atoms with Gasteiger partial charge in [-0.25, -0.2) is 4.98 Å². The van der Waals surface area contributed by atoms with Crippen LogP contribution in [0.2, 0.25) is 0 Å². The number of hydrogen-bond donors (Lipinski definition) is 4. The number of aryl methyl sites for hydroxylation is 1. The van der Waals surface area contributed by atoms with Crippen LogP contribution in [0.1, 0.15) is 62.0 Å². The molecule has 0 aliphatic carbocycles. The first-order chi connectivity index (χ1) is 20.9. The standard InChI is InChI=1S/C35H42N6O3/c1-6-40-21-30(27-10-7-11-29(22(27)2)39-33(43)23-12-14-24(15-13-23)35(3,4)5)38-32(34(40)44)37-25-16-17-31(28(36)19-25)41-18-8-9-26(42)20-41/h7,10-17,19,21,26,42H,6,8-9,18,20,36H2,1-5H3,(H,37,38)(H,39,43). The first-order valence-electron chi connectivity index (χ1n) is 15.2. The normalized spacial score (nSPS) is 15.2. The minimum absolute atomic E-state index is 0.00323. The van der Waals surface area contributed by atoms with Gasteiger partial charge in [-0.3, -0.25) is 9.59 Å². The third-order valence-corrected chi connectivity index (χ3v) is 8.21. The molecule has 44 heavy (non-hydrogen) atoms. The summed E-state index contributed by atoms with van der Waals surface area (Å²) in [5, 5.41) is 16.3. The lowest BCUT2D eigenvalue weighted by Crippen LogP contribution is -2.38. The molecule has 9 nitrogen and oxygen atoms in total. The van der Waals surface area contributed by atoms with Crippen LogP contribution >= 0.6 is 0 Å². The highest BCUT2D eigenvalue weighted by Crippen LogP contribution is 2.31. The minimum Gasteiger partial charge on any atom is -0.397 e. The molecule has 1 aliphatic heterocycles. The zero-order valence-corrected chi connectivity index (χ0v) is 26.1. The van der Waals surface area contributed by atoms with Crippen molar-refractivity contribution in [3.8, 4) is 11.3 Å². The van der Waals surface area contributed by atoms with E-state index in [1.807, 2.05) is 68.4 Å². The van der Waals surface area contributed by atoms with Crippen LogP contribution in [0.25, 0.3) is 11.3 Å². The van der Waals surface area contributed by atoms with E-state index in [0.717, 1.165) is 41.8 Å². The number of carbonyl (C=O) groups is 1. The molecular formula is C35H42N6O3. The predicted octanol–water partition coefficient (Wildman–Crippen LogP) is 6.08. The number of aromatic nitrogens is 2. The average molecular weight is 595 g/mol. The maximum Gasteiger partial charge on any atom is 0.293 e. The van der Waals surface area contributed by atoms with E-state index in [0.29, 0.717) is 41.4 Å². The molecule has 1 aliphatic rings. The molecule has 0 spiro atoms. The highest BCUT2D eigenvalue weighted by molar-refractivity contribution is 6.05. The molecule has 1 aromatic heterocycles. The van der Waals surface area contributed by atoms with E-state index in [1.54, 1.807) is 16.8 Å². The second kappa shape index (κ2) is 12.5. The lowest BCUT2D eigenvalue weighted by molar-refractivity contribution is 0.102. The molecule has 9 heteroatoms. The largest absolute Gasteiger partial charge is 0.397 e. The Hall–Kier alpha value is -4.63. The first-order valence-corrected chi connectivity index (χ1v) is 15.2. The Kier molecular flexibility index (Phi) is 8.78. The lowest BCUT2D eigenvalue weighted by atomic mass is 9.86. The van der Waals surface area contributed by atoms with Crippen LogP contribution in [0.4, 0.5) is 28.6 Å². The van der Waals surface area contributed by atoms with Crippen LogP contribution in [0.5, 0.6) is 0 Å². The van der Waals surface area contributed by atoms with Gasteiger partial charge in [-0.2, -0.15) is 0 Å². The number of hydrogen-bond acceptors (Lipinski definition) is 7. The molecule has 230 valence electrons. The van der Waals surface area contributed by atoms with E-state index in [-0.39, 0.29) is 28.8 Å². The highest BCUT2D eigenvalue weighted by atomic mass is 16.3. The van der Waals surface area contributed by atoms with Gasteiger partial charge in [0.15, 0.2) is 5.82 Å². The number of benzene rings is 3. The summed E-state index contributed by atoms with van der Waals surface area (Å²) in [7, 11) is 0. The van der Waals surface area contributed by atoms with Crippen LogP contribution in [0, 0.1) is 6.92 Å². The zero-order valence-electron chi connectivity index (χ0n) is 26.1. The number of nitrogen functional groups attached to an aromatic ring is 1. The monoisotopic (exact) mass is 594 g/mol. The third kappa shape index (κ3) is 6.63. The zero-order chi connectivity index (χ0) is 31.6. The number of nitrogens with one attached hydrogen (secondary N) is 2. The van der Waals surface area contributed by atoms with Gasteiger partial charge in [0.05, 0.1) is 23.2 Å². The molecule has 0 radical (unpaired) electrons. The van der Waals surface area contributed by atoms with Gasteiger partial charge in [0.2, 0.25) is 0 Å². The predicted molar refractivity (Wildman–Crippen MR) is 179 cm³/mol. The number of nitrogens with two attached hydrogens (primary N) is 1. The van der Waals surface area contributed by atoms with Gasteiger partial charge >= 0.3 is 0 Å². The van der Waals surface area contributed by atoms with Crippen LogP contribution in [-0.2, 0) is 12.0 Å². The summed E-state index contributed by atoms with van der Waals surface area (Å²) >= 11 is 0. The van der Waals surface area contributed by atoms with Gasteiger partial charge in [0, 0.05) is 48.3 Å². The topological polar surface area (TPSA) is 126 Å². The van der Waals surface area contributed by atoms with Crippen molar-refractivity contribution in [3.05, 3.63) is 93.9 Å². The Morgan fingerprint density at radius 3 is 2.52 bits per heavy atom. The van der Waals surface area contributed by atoms with Crippen LogP contribution in [0.3, 0.4) is 0 Å². The Balaban J connectivity index is 1.41. The third-order valence-electron chi connectivity index (χ3n) is 8.21. The van der Waals surface area contributed by atoms with Crippen molar-refractivity contribution in [1.29, 1.82) is 0 Å². The molecule has 1 fully saturated rings.